The van der Waals surface area contributed by atoms with Crippen molar-refractivity contribution < 1.29 is 9.90 Å². The molecular weight excluding hydrogens is 372 g/mol. The van der Waals surface area contributed by atoms with E-state index >= 15 is 0 Å². The zero-order chi connectivity index (χ0) is 19.8. The predicted molar refractivity (Wildman–Crippen MR) is 116 cm³/mol. The van der Waals surface area contributed by atoms with Gasteiger partial charge in [0.2, 0.25) is 0 Å². The summed E-state index contributed by atoms with van der Waals surface area (Å²) in [5.74, 6) is -0.903. The van der Waals surface area contributed by atoms with Crippen molar-refractivity contribution in [2.75, 3.05) is 24.5 Å². The Morgan fingerprint density at radius 2 is 2.04 bits per heavy atom. The van der Waals surface area contributed by atoms with Crippen LogP contribution in [0.25, 0.3) is 0 Å². The fourth-order valence-corrected chi connectivity index (χ4v) is 3.81. The molecule has 28 heavy (non-hydrogen) atoms. The van der Waals surface area contributed by atoms with Gasteiger partial charge < -0.3 is 15.3 Å². The molecule has 1 aromatic rings. The number of allylic oxidation sites excluding steroid dienone is 5. The maximum Gasteiger partial charge on any atom is 0.328 e. The summed E-state index contributed by atoms with van der Waals surface area (Å²) in [7, 11) is 0. The second kappa shape index (κ2) is 10.3. The number of anilines is 1. The largest absolute Gasteiger partial charge is 0.478 e. The standard InChI is InChI=1S/C23H27ClN2O2/c24-20-13-12-19-11-10-18-7-2-3-8-21(18)26(22(19)17-20)16-5-1-4-14-25-15-6-9-23(27)28/h2-3,6-9,11,13,17,25H,1,4-5,10,12,14-16H2,(H,27,28)/b9-6+. The van der Waals surface area contributed by atoms with E-state index in [9.17, 15) is 4.79 Å². The van der Waals surface area contributed by atoms with Crippen LogP contribution in [0.1, 0.15) is 31.2 Å². The number of benzene rings is 1. The third-order valence-electron chi connectivity index (χ3n) is 5.02. The Bertz CT molecular complexity index is 824. The van der Waals surface area contributed by atoms with Crippen LogP contribution >= 0.6 is 11.6 Å². The molecule has 1 aromatic carbocycles. The van der Waals surface area contributed by atoms with Crippen LogP contribution in [0.4, 0.5) is 5.69 Å². The molecule has 5 heteroatoms. The number of carboxylic acid groups (broad SMARTS) is 1. The molecule has 3 rings (SSSR count). The zero-order valence-electron chi connectivity index (χ0n) is 16.0. The van der Waals surface area contributed by atoms with Crippen molar-refractivity contribution in [2.45, 2.75) is 32.1 Å². The number of nitrogens with one attached hydrogen (secondary N) is 1. The van der Waals surface area contributed by atoms with Crippen LogP contribution in [-0.2, 0) is 11.2 Å². The average Bonchev–Trinajstić information content (AvgIpc) is 2.83. The van der Waals surface area contributed by atoms with Crippen molar-refractivity contribution in [3.63, 3.8) is 0 Å². The van der Waals surface area contributed by atoms with E-state index in [1.54, 1.807) is 6.08 Å². The Balaban J connectivity index is 1.56. The minimum absolute atomic E-state index is 0.595. The average molecular weight is 399 g/mol. The molecule has 0 unspecified atom stereocenters. The van der Waals surface area contributed by atoms with E-state index in [1.165, 1.54) is 28.6 Å². The summed E-state index contributed by atoms with van der Waals surface area (Å²) in [5, 5.41) is 12.6. The summed E-state index contributed by atoms with van der Waals surface area (Å²) in [6.07, 6.45) is 14.4. The van der Waals surface area contributed by atoms with Gasteiger partial charge in [0, 0.05) is 35.6 Å². The molecular formula is C23H27ClN2O2. The van der Waals surface area contributed by atoms with Gasteiger partial charge in [0.05, 0.1) is 0 Å². The van der Waals surface area contributed by atoms with Gasteiger partial charge in [-0.25, -0.2) is 4.79 Å². The molecule has 0 bridgehead atoms. The van der Waals surface area contributed by atoms with Crippen LogP contribution in [0, 0.1) is 0 Å². The maximum absolute atomic E-state index is 10.4. The summed E-state index contributed by atoms with van der Waals surface area (Å²) in [4.78, 5) is 12.8. The van der Waals surface area contributed by atoms with E-state index in [1.807, 2.05) is 0 Å². The molecule has 0 atom stereocenters. The van der Waals surface area contributed by atoms with Gasteiger partial charge >= 0.3 is 5.97 Å². The first-order chi connectivity index (χ1) is 13.6. The quantitative estimate of drug-likeness (QED) is 0.464. The highest BCUT2D eigenvalue weighted by molar-refractivity contribution is 6.31. The van der Waals surface area contributed by atoms with E-state index < -0.39 is 5.97 Å². The molecule has 1 aliphatic carbocycles. The summed E-state index contributed by atoms with van der Waals surface area (Å²) in [5.41, 5.74) is 5.22. The van der Waals surface area contributed by atoms with Gasteiger partial charge in [-0.1, -0.05) is 54.4 Å². The number of fused-ring (bicyclic) bond motifs is 2. The fourth-order valence-electron chi connectivity index (χ4n) is 3.63. The Kier molecular flexibility index (Phi) is 7.52. The minimum Gasteiger partial charge on any atom is -0.478 e. The molecule has 2 aliphatic rings. The van der Waals surface area contributed by atoms with E-state index in [0.717, 1.165) is 50.2 Å². The first kappa shape index (κ1) is 20.4. The Morgan fingerprint density at radius 1 is 1.18 bits per heavy atom. The van der Waals surface area contributed by atoms with Gasteiger partial charge in [0.15, 0.2) is 0 Å². The molecule has 0 fully saturated rings. The van der Waals surface area contributed by atoms with Crippen LogP contribution in [0.2, 0.25) is 0 Å². The third kappa shape index (κ3) is 5.60. The molecule has 0 saturated carbocycles. The summed E-state index contributed by atoms with van der Waals surface area (Å²) in [6.45, 7) is 2.45. The van der Waals surface area contributed by atoms with Gasteiger partial charge in [-0.2, -0.15) is 0 Å². The smallest absolute Gasteiger partial charge is 0.328 e. The minimum atomic E-state index is -0.903. The van der Waals surface area contributed by atoms with Crippen LogP contribution < -0.4 is 10.2 Å². The lowest BCUT2D eigenvalue weighted by molar-refractivity contribution is -0.131. The molecule has 0 spiro atoms. The van der Waals surface area contributed by atoms with Crippen LogP contribution in [0.5, 0.6) is 0 Å². The van der Waals surface area contributed by atoms with Crippen molar-refractivity contribution in [3.8, 4) is 0 Å². The predicted octanol–water partition coefficient (Wildman–Crippen LogP) is 4.79. The summed E-state index contributed by atoms with van der Waals surface area (Å²) >= 11 is 6.33. The second-order valence-corrected chi connectivity index (χ2v) is 7.48. The topological polar surface area (TPSA) is 52.6 Å². The zero-order valence-corrected chi connectivity index (χ0v) is 16.8. The first-order valence-electron chi connectivity index (χ1n) is 9.87. The summed E-state index contributed by atoms with van der Waals surface area (Å²) < 4.78 is 0. The van der Waals surface area contributed by atoms with Crippen LogP contribution in [0.3, 0.4) is 0 Å². The van der Waals surface area contributed by atoms with E-state index in [4.69, 9.17) is 16.7 Å². The summed E-state index contributed by atoms with van der Waals surface area (Å²) in [6, 6.07) is 8.62. The number of aliphatic carboxylic acids is 1. The van der Waals surface area contributed by atoms with Gasteiger partial charge in [-0.3, -0.25) is 0 Å². The fraction of sp³-hybridized carbons (Fsp3) is 0.348. The lowest BCUT2D eigenvalue weighted by atomic mass is 10.0. The molecule has 2 N–H and O–H groups in total. The number of carboxylic acids is 1. The first-order valence-corrected chi connectivity index (χ1v) is 10.3. The monoisotopic (exact) mass is 398 g/mol. The van der Waals surface area contributed by atoms with Crippen molar-refractivity contribution in [3.05, 3.63) is 76.5 Å². The molecule has 0 amide bonds. The number of rotatable bonds is 9. The highest BCUT2D eigenvalue weighted by atomic mass is 35.5. The number of unbranched alkanes of at least 4 members (excludes halogenated alkanes) is 2. The SMILES string of the molecule is O=C(O)/C=C/CNCCCCCN1C2=CC(Cl)=CCC2=CCc2ccccc21. The third-order valence-corrected chi connectivity index (χ3v) is 5.28. The number of carbonyl (C=O) groups is 1. The lowest BCUT2D eigenvalue weighted by Crippen LogP contribution is -2.26. The molecule has 0 aromatic heterocycles. The van der Waals surface area contributed by atoms with Gasteiger partial charge in [-0.05, 0) is 55.5 Å². The van der Waals surface area contributed by atoms with Crippen LogP contribution in [0.15, 0.2) is 70.9 Å². The number of nitrogens with zero attached hydrogens (tertiary/aromatic N) is 1. The van der Waals surface area contributed by atoms with Gasteiger partial charge in [0.25, 0.3) is 0 Å². The number of hydrogen-bond acceptors (Lipinski definition) is 3. The number of halogens is 1. The maximum atomic E-state index is 10.4. The Morgan fingerprint density at radius 3 is 2.89 bits per heavy atom. The van der Waals surface area contributed by atoms with Gasteiger partial charge in [0.1, 0.15) is 0 Å². The number of para-hydroxylation sites is 1. The van der Waals surface area contributed by atoms with Gasteiger partial charge in [-0.15, -0.1) is 0 Å². The molecule has 4 nitrogen and oxygen atoms in total. The van der Waals surface area contributed by atoms with Crippen molar-refractivity contribution >= 4 is 23.3 Å². The Labute approximate surface area is 171 Å². The normalized spacial score (nSPS) is 16.0. The van der Waals surface area contributed by atoms with Crippen molar-refractivity contribution in [1.29, 1.82) is 0 Å². The molecule has 0 saturated heterocycles. The lowest BCUT2D eigenvalue weighted by Gasteiger charge is -2.30. The molecule has 148 valence electrons. The van der Waals surface area contributed by atoms with Crippen LogP contribution in [-0.4, -0.2) is 30.7 Å². The van der Waals surface area contributed by atoms with E-state index in [2.05, 4.69) is 52.7 Å². The van der Waals surface area contributed by atoms with E-state index in [0.29, 0.717) is 6.54 Å². The Hall–Kier alpha value is -2.30. The molecule has 1 aliphatic heterocycles. The highest BCUT2D eigenvalue weighted by Gasteiger charge is 2.22. The van der Waals surface area contributed by atoms with Crippen molar-refractivity contribution in [1.82, 2.24) is 5.32 Å². The second-order valence-electron chi connectivity index (χ2n) is 7.04. The van der Waals surface area contributed by atoms with E-state index in [-0.39, 0.29) is 0 Å². The van der Waals surface area contributed by atoms with Crippen molar-refractivity contribution in [2.24, 2.45) is 0 Å². The molecule has 0 radical (unpaired) electrons. The highest BCUT2D eigenvalue weighted by Crippen LogP contribution is 2.36. The molecule has 1 heterocycles. The number of hydrogen-bond donors (Lipinski definition) is 2.